The number of H-pyrrole nitrogens is 4. The first-order valence-electron chi connectivity index (χ1n) is 9.21. The van der Waals surface area contributed by atoms with Crippen LogP contribution < -0.4 is 15.9 Å². The molecular formula is C21H23ClN4O3. The van der Waals surface area contributed by atoms with E-state index in [0.717, 1.165) is 16.3 Å². The lowest BCUT2D eigenvalue weighted by molar-refractivity contribution is 0.336. The van der Waals surface area contributed by atoms with Gasteiger partial charge in [0.1, 0.15) is 5.75 Å². The summed E-state index contributed by atoms with van der Waals surface area (Å²) < 4.78 is 5.94. The van der Waals surface area contributed by atoms with Gasteiger partial charge in [-0.25, -0.2) is 0 Å². The molecule has 0 atom stereocenters. The second-order valence-corrected chi connectivity index (χ2v) is 6.80. The predicted octanol–water partition coefficient (Wildman–Crippen LogP) is 3.49. The van der Waals surface area contributed by atoms with E-state index in [-0.39, 0.29) is 23.5 Å². The first kappa shape index (κ1) is 20.5. The van der Waals surface area contributed by atoms with Crippen LogP contribution in [0.25, 0.3) is 10.8 Å². The summed E-state index contributed by atoms with van der Waals surface area (Å²) >= 11 is 0. The molecule has 0 bridgehead atoms. The highest BCUT2D eigenvalue weighted by Gasteiger charge is 2.31. The number of aromatic amines is 4. The van der Waals surface area contributed by atoms with Crippen LogP contribution in [0.5, 0.6) is 5.75 Å². The van der Waals surface area contributed by atoms with Gasteiger partial charge in [-0.1, -0.05) is 30.3 Å². The Bertz CT molecular complexity index is 1210. The number of halogens is 1. The van der Waals surface area contributed by atoms with Gasteiger partial charge in [-0.3, -0.25) is 19.8 Å². The van der Waals surface area contributed by atoms with Gasteiger partial charge in [0, 0.05) is 17.0 Å². The second-order valence-electron chi connectivity index (χ2n) is 6.80. The normalized spacial score (nSPS) is 11.0. The maximum absolute atomic E-state index is 12.7. The van der Waals surface area contributed by atoms with Crippen LogP contribution in [0.1, 0.15) is 40.9 Å². The third kappa shape index (κ3) is 3.38. The SMILES string of the molecule is CCOc1ccc2ccccc2c1C(c1c(C)[nH][nH]c1=O)c1c(C)[nH][nH]c1=O.Cl. The Morgan fingerprint density at radius 2 is 1.41 bits per heavy atom. The molecule has 152 valence electrons. The van der Waals surface area contributed by atoms with Gasteiger partial charge in [0.25, 0.3) is 11.1 Å². The maximum atomic E-state index is 12.7. The van der Waals surface area contributed by atoms with Crippen molar-refractivity contribution in [1.29, 1.82) is 0 Å². The number of ether oxygens (including phenoxy) is 1. The Morgan fingerprint density at radius 1 is 0.828 bits per heavy atom. The zero-order chi connectivity index (χ0) is 19.8. The minimum atomic E-state index is -0.586. The Labute approximate surface area is 172 Å². The minimum absolute atomic E-state index is 0. The van der Waals surface area contributed by atoms with Crippen LogP contribution in [-0.2, 0) is 0 Å². The van der Waals surface area contributed by atoms with Crippen molar-refractivity contribution in [1.82, 2.24) is 20.4 Å². The number of benzene rings is 2. The van der Waals surface area contributed by atoms with Crippen molar-refractivity contribution in [2.75, 3.05) is 6.61 Å². The number of hydrogen-bond donors (Lipinski definition) is 4. The molecule has 4 aromatic rings. The highest BCUT2D eigenvalue weighted by molar-refractivity contribution is 5.89. The number of aryl methyl sites for hydroxylation is 2. The molecule has 0 aliphatic carbocycles. The summed E-state index contributed by atoms with van der Waals surface area (Å²) in [6, 6.07) is 11.8. The summed E-state index contributed by atoms with van der Waals surface area (Å²) in [4.78, 5) is 25.5. The molecule has 4 rings (SSSR count). The van der Waals surface area contributed by atoms with E-state index in [4.69, 9.17) is 4.74 Å². The first-order valence-corrected chi connectivity index (χ1v) is 9.21. The number of fused-ring (bicyclic) bond motifs is 1. The van der Waals surface area contributed by atoms with Crippen LogP contribution in [0.15, 0.2) is 46.0 Å². The van der Waals surface area contributed by atoms with Crippen LogP contribution in [0.2, 0.25) is 0 Å². The molecule has 0 aliphatic heterocycles. The molecule has 2 aromatic carbocycles. The zero-order valence-corrected chi connectivity index (χ0v) is 17.2. The molecule has 0 fully saturated rings. The van der Waals surface area contributed by atoms with Gasteiger partial charge in [0.2, 0.25) is 0 Å². The molecule has 4 N–H and O–H groups in total. The molecule has 0 saturated heterocycles. The topological polar surface area (TPSA) is 107 Å². The fourth-order valence-electron chi connectivity index (χ4n) is 3.89. The minimum Gasteiger partial charge on any atom is -0.494 e. The molecule has 0 saturated carbocycles. The first-order chi connectivity index (χ1) is 13.5. The number of nitrogens with one attached hydrogen (secondary N) is 4. The van der Waals surface area contributed by atoms with Crippen LogP contribution in [0.4, 0.5) is 0 Å². The van der Waals surface area contributed by atoms with Crippen LogP contribution in [-0.4, -0.2) is 27.0 Å². The van der Waals surface area contributed by atoms with Crippen molar-refractivity contribution in [2.24, 2.45) is 0 Å². The van der Waals surface area contributed by atoms with Crippen molar-refractivity contribution in [3.8, 4) is 5.75 Å². The predicted molar refractivity (Wildman–Crippen MR) is 116 cm³/mol. The number of rotatable bonds is 5. The highest BCUT2D eigenvalue weighted by Crippen LogP contribution is 2.41. The molecule has 0 amide bonds. The quantitative estimate of drug-likeness (QED) is 0.401. The Hall–Kier alpha value is -3.19. The molecule has 7 nitrogen and oxygen atoms in total. The third-order valence-electron chi connectivity index (χ3n) is 5.12. The van der Waals surface area contributed by atoms with Crippen molar-refractivity contribution < 1.29 is 4.74 Å². The fraction of sp³-hybridized carbons (Fsp3) is 0.238. The lowest BCUT2D eigenvalue weighted by atomic mass is 9.82. The molecular weight excluding hydrogens is 392 g/mol. The number of aromatic nitrogens is 4. The average molecular weight is 415 g/mol. The van der Waals surface area contributed by atoms with Crippen molar-refractivity contribution >= 4 is 23.2 Å². The van der Waals surface area contributed by atoms with Crippen molar-refractivity contribution in [3.63, 3.8) is 0 Å². The van der Waals surface area contributed by atoms with E-state index in [1.807, 2.05) is 57.2 Å². The Morgan fingerprint density at radius 3 is 1.93 bits per heavy atom. The summed E-state index contributed by atoms with van der Waals surface area (Å²) in [5.74, 6) is 0.0730. The van der Waals surface area contributed by atoms with Crippen LogP contribution in [0, 0.1) is 13.8 Å². The van der Waals surface area contributed by atoms with Crippen molar-refractivity contribution in [3.05, 3.63) is 85.2 Å². The molecule has 0 aliphatic rings. The van der Waals surface area contributed by atoms with E-state index in [9.17, 15) is 9.59 Å². The third-order valence-corrected chi connectivity index (χ3v) is 5.12. The van der Waals surface area contributed by atoms with Gasteiger partial charge in [0.15, 0.2) is 0 Å². The van der Waals surface area contributed by atoms with Gasteiger partial charge < -0.3 is 14.9 Å². The van der Waals surface area contributed by atoms with E-state index < -0.39 is 5.92 Å². The van der Waals surface area contributed by atoms with Crippen LogP contribution in [0.3, 0.4) is 0 Å². The molecule has 29 heavy (non-hydrogen) atoms. The summed E-state index contributed by atoms with van der Waals surface area (Å²) in [5.41, 5.74) is 2.68. The Kier molecular flexibility index (Phi) is 5.70. The smallest absolute Gasteiger partial charge is 0.268 e. The molecule has 0 unspecified atom stereocenters. The standard InChI is InChI=1S/C21H22N4O3.ClH/c1-4-28-15-10-9-13-7-5-6-8-14(13)18(15)19(16-11(2)22-24-20(16)26)17-12(3)23-25-21(17)27;/h5-10,19H,4H2,1-3H3,(H2,22,24,26)(H2,23,25,27);1H. The monoisotopic (exact) mass is 414 g/mol. The lowest BCUT2D eigenvalue weighted by Crippen LogP contribution is -2.21. The van der Waals surface area contributed by atoms with Crippen molar-refractivity contribution in [2.45, 2.75) is 26.7 Å². The molecule has 0 radical (unpaired) electrons. The largest absolute Gasteiger partial charge is 0.494 e. The summed E-state index contributed by atoms with van der Waals surface area (Å²) in [5, 5.41) is 13.0. The van der Waals surface area contributed by atoms with Gasteiger partial charge in [0.05, 0.1) is 23.7 Å². The van der Waals surface area contributed by atoms with Gasteiger partial charge in [-0.15, -0.1) is 12.4 Å². The zero-order valence-electron chi connectivity index (χ0n) is 16.4. The summed E-state index contributed by atoms with van der Waals surface area (Å²) in [7, 11) is 0. The maximum Gasteiger partial charge on any atom is 0.268 e. The number of hydrogen-bond acceptors (Lipinski definition) is 3. The van der Waals surface area contributed by atoms with E-state index in [0.29, 0.717) is 34.9 Å². The van der Waals surface area contributed by atoms with Gasteiger partial charge >= 0.3 is 0 Å². The van der Waals surface area contributed by atoms with E-state index in [2.05, 4.69) is 20.4 Å². The lowest BCUT2D eigenvalue weighted by Gasteiger charge is -2.21. The van der Waals surface area contributed by atoms with E-state index in [1.54, 1.807) is 0 Å². The fourth-order valence-corrected chi connectivity index (χ4v) is 3.89. The summed E-state index contributed by atoms with van der Waals surface area (Å²) in [6.07, 6.45) is 0. The molecule has 8 heteroatoms. The van der Waals surface area contributed by atoms with E-state index >= 15 is 0 Å². The summed E-state index contributed by atoms with van der Waals surface area (Å²) in [6.45, 7) is 6.03. The molecule has 2 heterocycles. The Balaban J connectivity index is 0.00000240. The second kappa shape index (κ2) is 8.05. The van der Waals surface area contributed by atoms with Gasteiger partial charge in [-0.05, 0) is 37.6 Å². The highest BCUT2D eigenvalue weighted by atomic mass is 35.5. The molecule has 2 aromatic heterocycles. The average Bonchev–Trinajstić information content (AvgIpc) is 3.20. The van der Waals surface area contributed by atoms with Gasteiger partial charge in [-0.2, -0.15) is 0 Å². The molecule has 0 spiro atoms. The van der Waals surface area contributed by atoms with Crippen LogP contribution >= 0.6 is 12.4 Å². The van der Waals surface area contributed by atoms with E-state index in [1.165, 1.54) is 0 Å².